The van der Waals surface area contributed by atoms with Gasteiger partial charge in [0.1, 0.15) is 5.56 Å². The van der Waals surface area contributed by atoms with Gasteiger partial charge < -0.3 is 4.74 Å². The topological polar surface area (TPSA) is 95.3 Å². The average molecular weight is 489 g/mol. The zero-order valence-electron chi connectivity index (χ0n) is 19.1. The van der Waals surface area contributed by atoms with Crippen LogP contribution in [0.4, 0.5) is 0 Å². The largest absolute Gasteiger partial charge is 0.403 e. The molecule has 0 saturated heterocycles. The highest BCUT2D eigenvalue weighted by molar-refractivity contribution is 7.91. The number of carbonyl (C=O) groups is 2. The molecule has 33 heavy (non-hydrogen) atoms. The first-order chi connectivity index (χ1) is 15.5. The van der Waals surface area contributed by atoms with E-state index in [1.807, 2.05) is 6.92 Å². The van der Waals surface area contributed by atoms with Crippen molar-refractivity contribution in [1.29, 1.82) is 0 Å². The fourth-order valence-electron chi connectivity index (χ4n) is 3.58. The molecule has 0 atom stereocenters. The lowest BCUT2D eigenvalue weighted by Crippen LogP contribution is -2.15. The summed E-state index contributed by atoms with van der Waals surface area (Å²) < 4.78 is 32.0. The first-order valence-electron chi connectivity index (χ1n) is 10.4. The predicted molar refractivity (Wildman–Crippen MR) is 126 cm³/mol. The number of hydrogen-bond donors (Lipinski definition) is 0. The Morgan fingerprint density at radius 1 is 1.06 bits per heavy atom. The van der Waals surface area contributed by atoms with Crippen LogP contribution in [0.3, 0.4) is 0 Å². The van der Waals surface area contributed by atoms with Gasteiger partial charge in [-0.25, -0.2) is 17.9 Å². The number of sulfone groups is 1. The Morgan fingerprint density at radius 2 is 1.70 bits per heavy atom. The van der Waals surface area contributed by atoms with E-state index in [2.05, 4.69) is 5.10 Å². The van der Waals surface area contributed by atoms with Crippen molar-refractivity contribution in [2.45, 2.75) is 46.1 Å². The number of ether oxygens (including phenoxy) is 1. The fraction of sp³-hybridized carbons (Fsp3) is 0.292. The number of esters is 1. The standard InChI is InChI=1S/C24H25ClN2O5S/c1-6-27-23(32-24(29)17-10-8-14(3)9-11-17)19(13-26-27)21(28)18-12-15(4)22(16(5)20(18)25)33(30,31)7-2/h8-13H,6-7H2,1-5H3. The number of carbonyl (C=O) groups excluding carboxylic acids is 2. The molecule has 2 aromatic carbocycles. The lowest BCUT2D eigenvalue weighted by molar-refractivity contribution is 0.0716. The van der Waals surface area contributed by atoms with Crippen molar-refractivity contribution in [1.82, 2.24) is 9.78 Å². The van der Waals surface area contributed by atoms with Crippen LogP contribution in [0.25, 0.3) is 0 Å². The fourth-order valence-corrected chi connectivity index (χ4v) is 5.27. The highest BCUT2D eigenvalue weighted by Crippen LogP contribution is 2.34. The summed E-state index contributed by atoms with van der Waals surface area (Å²) in [6.45, 7) is 8.82. The van der Waals surface area contributed by atoms with Gasteiger partial charge >= 0.3 is 5.97 Å². The van der Waals surface area contributed by atoms with Gasteiger partial charge in [0.2, 0.25) is 11.7 Å². The van der Waals surface area contributed by atoms with E-state index in [1.165, 1.54) is 16.9 Å². The van der Waals surface area contributed by atoms with Crippen molar-refractivity contribution in [2.24, 2.45) is 0 Å². The number of rotatable bonds is 7. The SMILES string of the molecule is CCn1ncc(C(=O)c2cc(C)c(S(=O)(=O)CC)c(C)c2Cl)c1OC(=O)c1ccc(C)cc1. The molecule has 0 aliphatic rings. The summed E-state index contributed by atoms with van der Waals surface area (Å²) in [7, 11) is -3.53. The van der Waals surface area contributed by atoms with Crippen LogP contribution in [-0.2, 0) is 16.4 Å². The minimum Gasteiger partial charge on any atom is -0.403 e. The smallest absolute Gasteiger partial charge is 0.344 e. The number of aromatic nitrogens is 2. The third kappa shape index (κ3) is 4.72. The van der Waals surface area contributed by atoms with Gasteiger partial charge in [0, 0.05) is 12.1 Å². The Bertz CT molecular complexity index is 1340. The lowest BCUT2D eigenvalue weighted by atomic mass is 10.0. The Kier molecular flexibility index (Phi) is 7.09. The van der Waals surface area contributed by atoms with E-state index in [-0.39, 0.29) is 32.7 Å². The molecule has 0 unspecified atom stereocenters. The second-order valence-corrected chi connectivity index (χ2v) is 10.3. The van der Waals surface area contributed by atoms with Crippen molar-refractivity contribution in [3.05, 3.63) is 74.9 Å². The molecule has 7 nitrogen and oxygen atoms in total. The van der Waals surface area contributed by atoms with Crippen molar-refractivity contribution >= 4 is 33.2 Å². The molecule has 0 aliphatic carbocycles. The van der Waals surface area contributed by atoms with Crippen molar-refractivity contribution in [2.75, 3.05) is 5.75 Å². The molecule has 0 spiro atoms. The quantitative estimate of drug-likeness (QED) is 0.352. The number of nitrogens with zero attached hydrogens (tertiary/aromatic N) is 2. The number of aryl methyl sites for hydroxylation is 3. The van der Waals surface area contributed by atoms with Gasteiger partial charge in [-0.05, 0) is 57.0 Å². The second kappa shape index (κ2) is 9.49. The lowest BCUT2D eigenvalue weighted by Gasteiger charge is -2.15. The van der Waals surface area contributed by atoms with Gasteiger partial charge in [-0.15, -0.1) is 0 Å². The molecule has 3 rings (SSSR count). The first-order valence-corrected chi connectivity index (χ1v) is 12.5. The van der Waals surface area contributed by atoms with E-state index in [0.717, 1.165) is 5.56 Å². The molecule has 0 radical (unpaired) electrons. The van der Waals surface area contributed by atoms with Crippen LogP contribution < -0.4 is 4.74 Å². The molecule has 0 saturated carbocycles. The van der Waals surface area contributed by atoms with Crippen LogP contribution in [0.2, 0.25) is 5.02 Å². The maximum Gasteiger partial charge on any atom is 0.344 e. The van der Waals surface area contributed by atoms with Gasteiger partial charge in [0.25, 0.3) is 0 Å². The Morgan fingerprint density at radius 3 is 2.27 bits per heavy atom. The third-order valence-electron chi connectivity index (χ3n) is 5.37. The molecule has 0 fully saturated rings. The molecule has 174 valence electrons. The monoisotopic (exact) mass is 488 g/mol. The highest BCUT2D eigenvalue weighted by Gasteiger charge is 2.28. The van der Waals surface area contributed by atoms with E-state index in [4.69, 9.17) is 16.3 Å². The minimum atomic E-state index is -3.53. The zero-order chi connectivity index (χ0) is 24.5. The molecule has 0 N–H and O–H groups in total. The van der Waals surface area contributed by atoms with Crippen LogP contribution in [0.1, 0.15) is 56.8 Å². The number of benzene rings is 2. The van der Waals surface area contributed by atoms with Crippen LogP contribution in [0.15, 0.2) is 41.4 Å². The molecule has 3 aromatic rings. The van der Waals surface area contributed by atoms with E-state index in [0.29, 0.717) is 23.2 Å². The van der Waals surface area contributed by atoms with Crippen LogP contribution in [-0.4, -0.2) is 35.7 Å². The molecule has 0 aliphatic heterocycles. The second-order valence-electron chi connectivity index (χ2n) is 7.68. The zero-order valence-corrected chi connectivity index (χ0v) is 20.7. The van der Waals surface area contributed by atoms with Crippen LogP contribution in [0.5, 0.6) is 5.88 Å². The highest BCUT2D eigenvalue weighted by atomic mass is 35.5. The van der Waals surface area contributed by atoms with E-state index < -0.39 is 21.6 Å². The number of halogens is 1. The average Bonchev–Trinajstić information content (AvgIpc) is 3.18. The summed E-state index contributed by atoms with van der Waals surface area (Å²) in [6.07, 6.45) is 1.32. The minimum absolute atomic E-state index is 0.00436. The summed E-state index contributed by atoms with van der Waals surface area (Å²) in [6, 6.07) is 8.31. The molecule has 0 amide bonds. The molecule has 9 heteroatoms. The van der Waals surface area contributed by atoms with Crippen LogP contribution >= 0.6 is 11.6 Å². The van der Waals surface area contributed by atoms with Gasteiger partial charge in [0.15, 0.2) is 9.84 Å². The Balaban J connectivity index is 2.06. The third-order valence-corrected chi connectivity index (χ3v) is 7.87. The molecule has 0 bridgehead atoms. The van der Waals surface area contributed by atoms with E-state index >= 15 is 0 Å². The molecular formula is C24H25ClN2O5S. The van der Waals surface area contributed by atoms with E-state index in [9.17, 15) is 18.0 Å². The van der Waals surface area contributed by atoms with E-state index in [1.54, 1.807) is 52.0 Å². The van der Waals surface area contributed by atoms with Gasteiger partial charge in [0.05, 0.1) is 27.4 Å². The number of ketones is 1. The molecule has 1 aromatic heterocycles. The summed E-state index contributed by atoms with van der Waals surface area (Å²) >= 11 is 6.47. The van der Waals surface area contributed by atoms with Crippen LogP contribution in [0, 0.1) is 20.8 Å². The normalized spacial score (nSPS) is 11.5. The summed E-state index contributed by atoms with van der Waals surface area (Å²) in [5.74, 6) is -1.22. The molecule has 1 heterocycles. The Hall–Kier alpha value is -2.97. The summed E-state index contributed by atoms with van der Waals surface area (Å²) in [5.41, 5.74) is 2.23. The van der Waals surface area contributed by atoms with Gasteiger partial charge in [-0.1, -0.05) is 36.2 Å². The maximum atomic E-state index is 13.4. The van der Waals surface area contributed by atoms with Crippen molar-refractivity contribution < 1.29 is 22.7 Å². The predicted octanol–water partition coefficient (Wildman–Crippen LogP) is 4.73. The maximum absolute atomic E-state index is 13.4. The number of hydrogen-bond acceptors (Lipinski definition) is 6. The summed E-state index contributed by atoms with van der Waals surface area (Å²) in [4.78, 5) is 26.3. The summed E-state index contributed by atoms with van der Waals surface area (Å²) in [5, 5.41) is 4.21. The van der Waals surface area contributed by atoms with Crippen molar-refractivity contribution in [3.8, 4) is 5.88 Å². The van der Waals surface area contributed by atoms with Gasteiger partial charge in [-0.3, -0.25) is 4.79 Å². The molecular weight excluding hydrogens is 464 g/mol. The van der Waals surface area contributed by atoms with Crippen molar-refractivity contribution in [3.63, 3.8) is 0 Å². The first kappa shape index (κ1) is 24.7. The Labute approximate surface area is 198 Å². The van der Waals surface area contributed by atoms with Gasteiger partial charge in [-0.2, -0.15) is 5.10 Å².